The molecular weight excluding hydrogens is 302 g/mol. The molecule has 5 nitrogen and oxygen atoms in total. The second-order valence-electron chi connectivity index (χ2n) is 5.56. The van der Waals surface area contributed by atoms with E-state index in [9.17, 15) is 20.4 Å². The molecule has 0 unspecified atom stereocenters. The summed E-state index contributed by atoms with van der Waals surface area (Å²) in [6, 6.07) is -0.355. The van der Waals surface area contributed by atoms with Gasteiger partial charge in [-0.25, -0.2) is 0 Å². The molecule has 4 N–H and O–H groups in total. The summed E-state index contributed by atoms with van der Waals surface area (Å²) < 4.78 is 0.565. The van der Waals surface area contributed by atoms with Crippen LogP contribution in [0.2, 0.25) is 0 Å². The predicted octanol–water partition coefficient (Wildman–Crippen LogP) is -4.16. The van der Waals surface area contributed by atoms with Gasteiger partial charge in [0.2, 0.25) is 0 Å². The molecule has 2 aliphatic heterocycles. The first-order valence-corrected chi connectivity index (χ1v) is 6.61. The van der Waals surface area contributed by atoms with Crippen molar-refractivity contribution in [3.63, 3.8) is 0 Å². The van der Waals surface area contributed by atoms with Crippen molar-refractivity contribution >= 4 is 0 Å². The highest BCUT2D eigenvalue weighted by atomic mass is 79.9. The first-order valence-electron chi connectivity index (χ1n) is 6.61. The van der Waals surface area contributed by atoms with Crippen molar-refractivity contribution in [1.29, 1.82) is 0 Å². The Morgan fingerprint density at radius 1 is 0.889 bits per heavy atom. The topological polar surface area (TPSA) is 80.9 Å². The Morgan fingerprint density at radius 3 is 1.94 bits per heavy atom. The van der Waals surface area contributed by atoms with Crippen molar-refractivity contribution in [3.05, 3.63) is 0 Å². The van der Waals surface area contributed by atoms with Gasteiger partial charge < -0.3 is 41.9 Å². The highest BCUT2D eigenvalue weighted by Gasteiger charge is 2.51. The van der Waals surface area contributed by atoms with E-state index in [1.807, 2.05) is 0 Å². The molecule has 2 aliphatic rings. The lowest BCUT2D eigenvalue weighted by molar-refractivity contribution is -0.963. The third-order valence-corrected chi connectivity index (χ3v) is 4.54. The smallest absolute Gasteiger partial charge is 0.141 e. The van der Waals surface area contributed by atoms with Crippen LogP contribution >= 0.6 is 0 Å². The molecule has 1 spiro atoms. The van der Waals surface area contributed by atoms with E-state index in [1.165, 1.54) is 12.8 Å². The summed E-state index contributed by atoms with van der Waals surface area (Å²) in [5.41, 5.74) is 0. The Kier molecular flexibility index (Phi) is 6.02. The third-order valence-electron chi connectivity index (χ3n) is 4.54. The number of quaternary nitrogens is 1. The van der Waals surface area contributed by atoms with Crippen LogP contribution in [0.3, 0.4) is 0 Å². The summed E-state index contributed by atoms with van der Waals surface area (Å²) in [6.07, 6.45) is 1.43. The SMILES string of the molecule is OC[C@@H]1[C@@H](O)[C@H](O)[C@@H](O)C[N+]12CCCCCC2.[Br-]. The largest absolute Gasteiger partial charge is 1.00 e. The Hall–Kier alpha value is 0.280. The minimum absolute atomic E-state index is 0. The van der Waals surface area contributed by atoms with Gasteiger partial charge in [-0.05, 0) is 25.7 Å². The van der Waals surface area contributed by atoms with Crippen LogP contribution in [0.5, 0.6) is 0 Å². The molecule has 2 rings (SSSR count). The second kappa shape index (κ2) is 6.63. The van der Waals surface area contributed by atoms with E-state index in [1.54, 1.807) is 0 Å². The molecule has 0 aliphatic carbocycles. The van der Waals surface area contributed by atoms with Gasteiger partial charge in [0.05, 0.1) is 19.7 Å². The Labute approximate surface area is 118 Å². The molecule has 0 saturated carbocycles. The summed E-state index contributed by atoms with van der Waals surface area (Å²) in [7, 11) is 0. The number of piperidine rings is 1. The lowest BCUT2D eigenvalue weighted by Gasteiger charge is -2.51. The van der Waals surface area contributed by atoms with Crippen molar-refractivity contribution in [2.75, 3.05) is 26.2 Å². The maximum Gasteiger partial charge on any atom is 0.141 e. The Bertz CT molecular complexity index is 258. The molecule has 0 amide bonds. The van der Waals surface area contributed by atoms with Crippen LogP contribution in [0.1, 0.15) is 25.7 Å². The average Bonchev–Trinajstić information content (AvgIpc) is 2.53. The van der Waals surface area contributed by atoms with Gasteiger partial charge in [-0.3, -0.25) is 0 Å². The van der Waals surface area contributed by atoms with Crippen LogP contribution in [0.15, 0.2) is 0 Å². The summed E-state index contributed by atoms with van der Waals surface area (Å²) in [5, 5.41) is 39.1. The van der Waals surface area contributed by atoms with Gasteiger partial charge in [0, 0.05) is 0 Å². The molecule has 0 radical (unpaired) electrons. The molecule has 2 fully saturated rings. The van der Waals surface area contributed by atoms with Crippen LogP contribution in [0, 0.1) is 0 Å². The van der Waals surface area contributed by atoms with Gasteiger partial charge >= 0.3 is 0 Å². The van der Waals surface area contributed by atoms with E-state index in [-0.39, 0.29) is 29.6 Å². The molecule has 6 heteroatoms. The van der Waals surface area contributed by atoms with E-state index in [0.717, 1.165) is 25.9 Å². The number of hydrogen-bond acceptors (Lipinski definition) is 4. The second-order valence-corrected chi connectivity index (χ2v) is 5.56. The molecular formula is C12H24BrNO4. The molecule has 0 aromatic rings. The van der Waals surface area contributed by atoms with Crippen molar-refractivity contribution in [2.24, 2.45) is 0 Å². The van der Waals surface area contributed by atoms with Crippen molar-refractivity contribution in [2.45, 2.75) is 50.0 Å². The fraction of sp³-hybridized carbons (Fsp3) is 1.00. The van der Waals surface area contributed by atoms with E-state index in [2.05, 4.69) is 0 Å². The van der Waals surface area contributed by atoms with E-state index < -0.39 is 18.3 Å². The zero-order valence-corrected chi connectivity index (χ0v) is 12.2. The molecule has 2 saturated heterocycles. The number of halogens is 1. The van der Waals surface area contributed by atoms with Crippen LogP contribution in [0.4, 0.5) is 0 Å². The van der Waals surface area contributed by atoms with Gasteiger partial charge in [0.25, 0.3) is 0 Å². The first-order chi connectivity index (χ1) is 8.10. The summed E-state index contributed by atoms with van der Waals surface area (Å²) in [4.78, 5) is 0. The average molecular weight is 326 g/mol. The van der Waals surface area contributed by atoms with Gasteiger partial charge in [0.1, 0.15) is 30.9 Å². The van der Waals surface area contributed by atoms with Crippen LogP contribution < -0.4 is 17.0 Å². The van der Waals surface area contributed by atoms with Crippen LogP contribution in [0.25, 0.3) is 0 Å². The van der Waals surface area contributed by atoms with E-state index >= 15 is 0 Å². The summed E-state index contributed by atoms with van der Waals surface area (Å²) >= 11 is 0. The highest BCUT2D eigenvalue weighted by Crippen LogP contribution is 2.30. The fourth-order valence-electron chi connectivity index (χ4n) is 3.51. The quantitative estimate of drug-likeness (QED) is 0.369. The number of nitrogens with zero attached hydrogens (tertiary/aromatic N) is 1. The number of aliphatic hydroxyl groups is 4. The zero-order valence-electron chi connectivity index (χ0n) is 10.6. The van der Waals surface area contributed by atoms with Crippen molar-refractivity contribution in [1.82, 2.24) is 0 Å². The van der Waals surface area contributed by atoms with Crippen molar-refractivity contribution < 1.29 is 41.9 Å². The molecule has 2 heterocycles. The zero-order chi connectivity index (χ0) is 12.5. The monoisotopic (exact) mass is 325 g/mol. The van der Waals surface area contributed by atoms with Gasteiger partial charge in [-0.1, -0.05) is 0 Å². The van der Waals surface area contributed by atoms with Crippen molar-refractivity contribution in [3.8, 4) is 0 Å². The Balaban J connectivity index is 0.00000162. The molecule has 4 atom stereocenters. The molecule has 108 valence electrons. The maximum atomic E-state index is 10.0. The van der Waals surface area contributed by atoms with Crippen LogP contribution in [-0.4, -0.2) is 75.5 Å². The first kappa shape index (κ1) is 16.3. The molecule has 0 bridgehead atoms. The molecule has 18 heavy (non-hydrogen) atoms. The lowest BCUT2D eigenvalue weighted by Crippen LogP contribution is -3.00. The van der Waals surface area contributed by atoms with Gasteiger partial charge in [-0.2, -0.15) is 0 Å². The maximum absolute atomic E-state index is 10.0. The lowest BCUT2D eigenvalue weighted by atomic mass is 9.90. The van der Waals surface area contributed by atoms with Gasteiger partial charge in [-0.15, -0.1) is 0 Å². The highest BCUT2D eigenvalue weighted by molar-refractivity contribution is 4.88. The minimum atomic E-state index is -1.13. The van der Waals surface area contributed by atoms with E-state index in [4.69, 9.17) is 0 Å². The summed E-state index contributed by atoms with van der Waals surface area (Å²) in [6.45, 7) is 2.08. The number of rotatable bonds is 1. The third kappa shape index (κ3) is 2.89. The van der Waals surface area contributed by atoms with Gasteiger partial charge in [0.15, 0.2) is 0 Å². The van der Waals surface area contributed by atoms with E-state index in [0.29, 0.717) is 11.0 Å². The number of hydrogen-bond donors (Lipinski definition) is 4. The summed E-state index contributed by atoms with van der Waals surface area (Å²) in [5.74, 6) is 0. The van der Waals surface area contributed by atoms with Crippen LogP contribution in [-0.2, 0) is 0 Å². The normalized spacial score (nSPS) is 40.0. The predicted molar refractivity (Wildman–Crippen MR) is 62.2 cm³/mol. The number of aliphatic hydroxyl groups excluding tert-OH is 4. The Morgan fingerprint density at radius 2 is 1.44 bits per heavy atom. The molecule has 0 aromatic carbocycles. The molecule has 0 aromatic heterocycles. The minimum Gasteiger partial charge on any atom is -1.00 e. The fourth-order valence-corrected chi connectivity index (χ4v) is 3.51. The standard InChI is InChI=1S/C12H24NO4.BrH/c14-8-9-11(16)12(17)10(15)7-13(9)5-3-1-2-4-6-13;/h9-12,14-17H,1-8H2;1H/q+1;/p-1/t9-,10+,11-,12-;/m1./s1.